The number of nitrogens with one attached hydrogen (secondary N) is 1. The Balaban J connectivity index is 3.21. The number of rotatable bonds is 2. The lowest BCUT2D eigenvalue weighted by molar-refractivity contribution is -0.118. The van der Waals surface area contributed by atoms with Crippen LogP contribution < -0.4 is 11.3 Å². The molecule has 0 saturated heterocycles. The predicted molar refractivity (Wildman–Crippen MR) is 52.4 cm³/mol. The van der Waals surface area contributed by atoms with Crippen molar-refractivity contribution in [1.82, 2.24) is 4.98 Å². The highest BCUT2D eigenvalue weighted by atomic mass is 79.9. The molecule has 3 N–H and O–H groups in total. The van der Waals surface area contributed by atoms with Gasteiger partial charge < -0.3 is 10.7 Å². The SMILES string of the molecule is CC(=O)C(N)c1cc(Br)c[nH]c1=O. The van der Waals surface area contributed by atoms with Gasteiger partial charge in [0.25, 0.3) is 5.56 Å². The zero-order valence-corrected chi connectivity index (χ0v) is 8.59. The van der Waals surface area contributed by atoms with Gasteiger partial charge in [0.2, 0.25) is 0 Å². The van der Waals surface area contributed by atoms with E-state index in [4.69, 9.17) is 5.73 Å². The summed E-state index contributed by atoms with van der Waals surface area (Å²) in [4.78, 5) is 24.6. The summed E-state index contributed by atoms with van der Waals surface area (Å²) in [6.07, 6.45) is 1.50. The standard InChI is InChI=1S/C8H9BrN2O2/c1-4(12)7(10)6-2-5(9)3-11-8(6)13/h2-3,7H,10H2,1H3,(H,11,13). The van der Waals surface area contributed by atoms with Crippen LogP contribution in [-0.4, -0.2) is 10.8 Å². The molecule has 70 valence electrons. The molecule has 1 rings (SSSR count). The van der Waals surface area contributed by atoms with E-state index in [9.17, 15) is 9.59 Å². The maximum Gasteiger partial charge on any atom is 0.253 e. The van der Waals surface area contributed by atoms with Gasteiger partial charge in [0.1, 0.15) is 0 Å². The molecule has 0 aliphatic rings. The maximum atomic E-state index is 11.2. The number of aromatic amines is 1. The molecule has 0 amide bonds. The van der Waals surface area contributed by atoms with E-state index in [1.165, 1.54) is 13.1 Å². The number of pyridine rings is 1. The topological polar surface area (TPSA) is 76.0 Å². The van der Waals surface area contributed by atoms with Crippen molar-refractivity contribution in [1.29, 1.82) is 0 Å². The zero-order valence-electron chi connectivity index (χ0n) is 7.00. The summed E-state index contributed by atoms with van der Waals surface area (Å²) in [6.45, 7) is 1.35. The molecule has 0 saturated carbocycles. The molecule has 1 unspecified atom stereocenters. The lowest BCUT2D eigenvalue weighted by atomic mass is 10.1. The summed E-state index contributed by atoms with van der Waals surface area (Å²) in [5.41, 5.74) is 5.47. The first-order valence-corrected chi connectivity index (χ1v) is 4.46. The molecule has 1 aromatic rings. The molecular weight excluding hydrogens is 236 g/mol. The molecule has 0 aliphatic carbocycles. The second-order valence-corrected chi connectivity index (χ2v) is 3.61. The van der Waals surface area contributed by atoms with E-state index in [-0.39, 0.29) is 16.9 Å². The van der Waals surface area contributed by atoms with Crippen LogP contribution in [0.15, 0.2) is 21.5 Å². The Morgan fingerprint density at radius 3 is 2.85 bits per heavy atom. The molecule has 13 heavy (non-hydrogen) atoms. The van der Waals surface area contributed by atoms with Crippen molar-refractivity contribution in [3.05, 3.63) is 32.7 Å². The number of halogens is 1. The van der Waals surface area contributed by atoms with Crippen LogP contribution >= 0.6 is 15.9 Å². The monoisotopic (exact) mass is 244 g/mol. The number of Topliss-reactive ketones (excluding diaryl/α,β-unsaturated/α-hetero) is 1. The minimum atomic E-state index is -0.846. The second kappa shape index (κ2) is 3.85. The number of hydrogen-bond acceptors (Lipinski definition) is 3. The molecular formula is C8H9BrN2O2. The third kappa shape index (κ3) is 2.26. The maximum absolute atomic E-state index is 11.2. The van der Waals surface area contributed by atoms with Crippen molar-refractivity contribution >= 4 is 21.7 Å². The summed E-state index contributed by atoms with van der Waals surface area (Å²) in [5.74, 6) is -0.233. The van der Waals surface area contributed by atoms with Gasteiger partial charge in [-0.15, -0.1) is 0 Å². The van der Waals surface area contributed by atoms with Crippen LogP contribution in [-0.2, 0) is 4.79 Å². The Morgan fingerprint density at radius 2 is 2.31 bits per heavy atom. The van der Waals surface area contributed by atoms with Crippen LogP contribution in [0.1, 0.15) is 18.5 Å². The fourth-order valence-corrected chi connectivity index (χ4v) is 1.28. The second-order valence-electron chi connectivity index (χ2n) is 2.69. The first-order chi connectivity index (χ1) is 6.02. The summed E-state index contributed by atoms with van der Waals surface area (Å²) in [6, 6.07) is 0.700. The summed E-state index contributed by atoms with van der Waals surface area (Å²) >= 11 is 3.18. The highest BCUT2D eigenvalue weighted by Gasteiger charge is 2.14. The fourth-order valence-electron chi connectivity index (χ4n) is 0.924. The highest BCUT2D eigenvalue weighted by molar-refractivity contribution is 9.10. The lowest BCUT2D eigenvalue weighted by Crippen LogP contribution is -2.26. The minimum absolute atomic E-state index is 0.233. The molecule has 0 aromatic carbocycles. The van der Waals surface area contributed by atoms with Crippen LogP contribution in [0.4, 0.5) is 0 Å². The predicted octanol–water partition coefficient (Wildman–Crippen LogP) is 0.726. The smallest absolute Gasteiger partial charge is 0.253 e. The fraction of sp³-hybridized carbons (Fsp3) is 0.250. The number of carbonyl (C=O) groups excluding carboxylic acids is 1. The van der Waals surface area contributed by atoms with E-state index in [1.54, 1.807) is 6.07 Å². The van der Waals surface area contributed by atoms with E-state index in [0.29, 0.717) is 4.47 Å². The molecule has 4 nitrogen and oxygen atoms in total. The Kier molecular flexibility index (Phi) is 3.00. The molecule has 0 fully saturated rings. The first-order valence-electron chi connectivity index (χ1n) is 3.66. The number of carbonyl (C=O) groups is 1. The summed E-state index contributed by atoms with van der Waals surface area (Å²) in [7, 11) is 0. The molecule has 0 spiro atoms. The quantitative estimate of drug-likeness (QED) is 0.806. The Hall–Kier alpha value is -0.940. The van der Waals surface area contributed by atoms with Crippen LogP contribution in [0, 0.1) is 0 Å². The van der Waals surface area contributed by atoms with Gasteiger partial charge in [0.05, 0.1) is 6.04 Å². The Morgan fingerprint density at radius 1 is 1.69 bits per heavy atom. The zero-order chi connectivity index (χ0) is 10.0. The normalized spacial score (nSPS) is 12.5. The van der Waals surface area contributed by atoms with Crippen molar-refractivity contribution in [2.45, 2.75) is 13.0 Å². The Bertz CT molecular complexity index is 386. The van der Waals surface area contributed by atoms with Gasteiger partial charge in [-0.05, 0) is 28.9 Å². The molecule has 0 radical (unpaired) electrons. The number of ketones is 1. The number of hydrogen-bond donors (Lipinski definition) is 2. The number of nitrogens with two attached hydrogens (primary N) is 1. The van der Waals surface area contributed by atoms with Crippen LogP contribution in [0.2, 0.25) is 0 Å². The average molecular weight is 245 g/mol. The van der Waals surface area contributed by atoms with Crippen LogP contribution in [0.5, 0.6) is 0 Å². The molecule has 1 heterocycles. The van der Waals surface area contributed by atoms with Crippen LogP contribution in [0.3, 0.4) is 0 Å². The van der Waals surface area contributed by atoms with Gasteiger partial charge >= 0.3 is 0 Å². The van der Waals surface area contributed by atoms with E-state index in [2.05, 4.69) is 20.9 Å². The first kappa shape index (κ1) is 10.1. The summed E-state index contributed by atoms with van der Waals surface area (Å²) < 4.78 is 0.693. The molecule has 0 aliphatic heterocycles. The van der Waals surface area contributed by atoms with Crippen LogP contribution in [0.25, 0.3) is 0 Å². The van der Waals surface area contributed by atoms with Crippen molar-refractivity contribution in [3.63, 3.8) is 0 Å². The van der Waals surface area contributed by atoms with E-state index < -0.39 is 6.04 Å². The minimum Gasteiger partial charge on any atom is -0.328 e. The van der Waals surface area contributed by atoms with E-state index >= 15 is 0 Å². The molecule has 5 heteroatoms. The highest BCUT2D eigenvalue weighted by Crippen LogP contribution is 2.11. The largest absolute Gasteiger partial charge is 0.328 e. The molecule has 1 aromatic heterocycles. The third-order valence-electron chi connectivity index (χ3n) is 1.67. The van der Waals surface area contributed by atoms with Gasteiger partial charge in [0, 0.05) is 16.2 Å². The molecule has 1 atom stereocenters. The van der Waals surface area contributed by atoms with Gasteiger partial charge in [-0.1, -0.05) is 0 Å². The average Bonchev–Trinajstić information content (AvgIpc) is 2.08. The summed E-state index contributed by atoms with van der Waals surface area (Å²) in [5, 5.41) is 0. The number of aromatic nitrogens is 1. The van der Waals surface area contributed by atoms with Gasteiger partial charge in [-0.3, -0.25) is 9.59 Å². The number of H-pyrrole nitrogens is 1. The third-order valence-corrected chi connectivity index (χ3v) is 2.13. The van der Waals surface area contributed by atoms with Crippen molar-refractivity contribution < 1.29 is 4.79 Å². The van der Waals surface area contributed by atoms with Crippen molar-refractivity contribution in [2.75, 3.05) is 0 Å². The van der Waals surface area contributed by atoms with E-state index in [1.807, 2.05) is 0 Å². The molecule has 0 bridgehead atoms. The van der Waals surface area contributed by atoms with Gasteiger partial charge in [0.15, 0.2) is 5.78 Å². The van der Waals surface area contributed by atoms with Gasteiger partial charge in [-0.25, -0.2) is 0 Å². The van der Waals surface area contributed by atoms with Gasteiger partial charge in [-0.2, -0.15) is 0 Å². The lowest BCUT2D eigenvalue weighted by Gasteiger charge is -2.06. The Labute approximate surface area is 83.3 Å². The van der Waals surface area contributed by atoms with E-state index in [0.717, 1.165) is 0 Å². The van der Waals surface area contributed by atoms with Crippen molar-refractivity contribution in [3.8, 4) is 0 Å². The van der Waals surface area contributed by atoms with Crippen molar-refractivity contribution in [2.24, 2.45) is 5.73 Å².